The molecule has 0 unspecified atom stereocenters. The molecular formula is C14H13BrClN3S. The first-order valence-corrected chi connectivity index (χ1v) is 7.46. The van der Waals surface area contributed by atoms with Gasteiger partial charge < -0.3 is 11.1 Å². The number of aryl methyl sites for hydroxylation is 2. The maximum atomic E-state index is 6.02. The molecule has 0 saturated heterocycles. The van der Waals surface area contributed by atoms with E-state index < -0.39 is 0 Å². The quantitative estimate of drug-likeness (QED) is 0.781. The molecule has 0 aliphatic carbocycles. The average Bonchev–Trinajstić information content (AvgIpc) is 2.32. The summed E-state index contributed by atoms with van der Waals surface area (Å²) in [6.07, 6.45) is 0. The number of nitrogens with zero attached hydrogens (tertiary/aromatic N) is 1. The van der Waals surface area contributed by atoms with Crippen molar-refractivity contribution >= 4 is 56.2 Å². The van der Waals surface area contributed by atoms with Crippen molar-refractivity contribution in [3.8, 4) is 0 Å². The SMILES string of the molecule is Cc1cc(C)c(C(N)=S)c(Nc2cc(Cl)ccc2Br)n1. The van der Waals surface area contributed by atoms with E-state index in [1.54, 1.807) is 6.07 Å². The van der Waals surface area contributed by atoms with Gasteiger partial charge in [0.2, 0.25) is 0 Å². The Balaban J connectivity index is 2.53. The first-order chi connectivity index (χ1) is 9.38. The lowest BCUT2D eigenvalue weighted by Crippen LogP contribution is -2.15. The van der Waals surface area contributed by atoms with Crippen LogP contribution in [-0.2, 0) is 0 Å². The minimum atomic E-state index is 0.315. The third kappa shape index (κ3) is 3.29. The Morgan fingerprint density at radius 2 is 2.05 bits per heavy atom. The highest BCUT2D eigenvalue weighted by molar-refractivity contribution is 9.10. The van der Waals surface area contributed by atoms with Gasteiger partial charge in [0.1, 0.15) is 10.8 Å². The summed E-state index contributed by atoms with van der Waals surface area (Å²) in [6, 6.07) is 7.44. The van der Waals surface area contributed by atoms with Gasteiger partial charge in [0, 0.05) is 15.2 Å². The molecule has 0 aliphatic heterocycles. The molecule has 1 aromatic heterocycles. The molecule has 0 amide bonds. The van der Waals surface area contributed by atoms with E-state index >= 15 is 0 Å². The molecule has 0 saturated carbocycles. The van der Waals surface area contributed by atoms with E-state index in [1.807, 2.05) is 32.0 Å². The maximum Gasteiger partial charge on any atom is 0.141 e. The predicted molar refractivity (Wildman–Crippen MR) is 92.0 cm³/mol. The van der Waals surface area contributed by atoms with Crippen LogP contribution in [-0.4, -0.2) is 9.97 Å². The van der Waals surface area contributed by atoms with Crippen LogP contribution in [0.25, 0.3) is 0 Å². The summed E-state index contributed by atoms with van der Waals surface area (Å²) < 4.78 is 0.886. The van der Waals surface area contributed by atoms with Crippen LogP contribution in [0, 0.1) is 13.8 Å². The van der Waals surface area contributed by atoms with Gasteiger partial charge in [-0.25, -0.2) is 4.98 Å². The number of halogens is 2. The van der Waals surface area contributed by atoms with Crippen LogP contribution in [0.15, 0.2) is 28.7 Å². The third-order valence-electron chi connectivity index (χ3n) is 2.77. The van der Waals surface area contributed by atoms with Gasteiger partial charge in [-0.2, -0.15) is 0 Å². The molecule has 20 heavy (non-hydrogen) atoms. The number of hydrogen-bond donors (Lipinski definition) is 2. The summed E-state index contributed by atoms with van der Waals surface area (Å²) in [6.45, 7) is 3.88. The van der Waals surface area contributed by atoms with Crippen molar-refractivity contribution < 1.29 is 0 Å². The Kier molecular flexibility index (Phi) is 4.62. The molecule has 0 radical (unpaired) electrons. The summed E-state index contributed by atoms with van der Waals surface area (Å²) in [7, 11) is 0. The van der Waals surface area contributed by atoms with E-state index in [4.69, 9.17) is 29.6 Å². The second kappa shape index (κ2) is 6.08. The summed E-state index contributed by atoms with van der Waals surface area (Å²) in [5.41, 5.74) is 9.24. The molecule has 0 atom stereocenters. The Bertz CT molecular complexity index is 688. The van der Waals surface area contributed by atoms with Gasteiger partial charge in [-0.15, -0.1) is 0 Å². The van der Waals surface area contributed by atoms with Crippen molar-refractivity contribution in [3.05, 3.63) is 50.6 Å². The van der Waals surface area contributed by atoms with E-state index in [-0.39, 0.29) is 0 Å². The van der Waals surface area contributed by atoms with Gasteiger partial charge >= 0.3 is 0 Å². The standard InChI is InChI=1S/C14H13BrClN3S/c1-7-5-8(2)18-14(12(7)13(17)20)19-11-6-9(16)3-4-10(11)15/h3-6H,1-2H3,(H2,17,20)(H,18,19). The van der Waals surface area contributed by atoms with Crippen molar-refractivity contribution in [1.29, 1.82) is 0 Å². The molecule has 1 aromatic carbocycles. The second-order valence-corrected chi connectivity index (χ2v) is 6.15. The smallest absolute Gasteiger partial charge is 0.141 e. The maximum absolute atomic E-state index is 6.02. The molecule has 0 spiro atoms. The fourth-order valence-electron chi connectivity index (χ4n) is 1.96. The lowest BCUT2D eigenvalue weighted by Gasteiger charge is -2.15. The van der Waals surface area contributed by atoms with E-state index in [9.17, 15) is 0 Å². The number of aromatic nitrogens is 1. The number of thiocarbonyl (C=S) groups is 1. The molecule has 0 fully saturated rings. The van der Waals surface area contributed by atoms with Gasteiger partial charge in [0.25, 0.3) is 0 Å². The largest absolute Gasteiger partial charge is 0.389 e. The van der Waals surface area contributed by atoms with E-state index in [0.29, 0.717) is 15.8 Å². The second-order valence-electron chi connectivity index (χ2n) is 4.42. The van der Waals surface area contributed by atoms with Crippen LogP contribution < -0.4 is 11.1 Å². The van der Waals surface area contributed by atoms with Crippen LogP contribution in [0.1, 0.15) is 16.8 Å². The lowest BCUT2D eigenvalue weighted by atomic mass is 10.1. The van der Waals surface area contributed by atoms with Gasteiger partial charge in [0.05, 0.1) is 11.3 Å². The molecule has 3 N–H and O–H groups in total. The van der Waals surface area contributed by atoms with Crippen molar-refractivity contribution in [2.24, 2.45) is 5.73 Å². The molecule has 6 heteroatoms. The Labute approximate surface area is 136 Å². The Morgan fingerprint density at radius 3 is 2.70 bits per heavy atom. The highest BCUT2D eigenvalue weighted by atomic mass is 79.9. The first-order valence-electron chi connectivity index (χ1n) is 5.88. The van der Waals surface area contributed by atoms with Crippen molar-refractivity contribution in [2.45, 2.75) is 13.8 Å². The minimum Gasteiger partial charge on any atom is -0.389 e. The molecule has 0 bridgehead atoms. The van der Waals surface area contributed by atoms with Gasteiger partial charge in [0.15, 0.2) is 0 Å². The number of nitrogens with one attached hydrogen (secondary N) is 1. The van der Waals surface area contributed by atoms with Crippen molar-refractivity contribution in [3.63, 3.8) is 0 Å². The average molecular weight is 371 g/mol. The molecule has 3 nitrogen and oxygen atoms in total. The highest BCUT2D eigenvalue weighted by Crippen LogP contribution is 2.30. The zero-order chi connectivity index (χ0) is 14.9. The zero-order valence-electron chi connectivity index (χ0n) is 11.0. The fourth-order valence-corrected chi connectivity index (χ4v) is 2.73. The normalized spacial score (nSPS) is 10.4. The van der Waals surface area contributed by atoms with Crippen molar-refractivity contribution in [2.75, 3.05) is 5.32 Å². The Morgan fingerprint density at radius 1 is 1.35 bits per heavy atom. The third-order valence-corrected chi connectivity index (χ3v) is 3.90. The number of benzene rings is 1. The number of nitrogens with two attached hydrogens (primary N) is 1. The predicted octanol–water partition coefficient (Wildman–Crippen LogP) is 4.49. The molecule has 104 valence electrons. The van der Waals surface area contributed by atoms with E-state index in [2.05, 4.69) is 26.2 Å². The number of hydrogen-bond acceptors (Lipinski definition) is 3. The Hall–Kier alpha value is -1.17. The van der Waals surface area contributed by atoms with Crippen molar-refractivity contribution in [1.82, 2.24) is 4.98 Å². The minimum absolute atomic E-state index is 0.315. The van der Waals surface area contributed by atoms with Crippen LogP contribution in [0.4, 0.5) is 11.5 Å². The number of rotatable bonds is 3. The zero-order valence-corrected chi connectivity index (χ0v) is 14.2. The highest BCUT2D eigenvalue weighted by Gasteiger charge is 2.13. The topological polar surface area (TPSA) is 50.9 Å². The molecular weight excluding hydrogens is 358 g/mol. The van der Waals surface area contributed by atoms with Crippen LogP contribution in [0.3, 0.4) is 0 Å². The van der Waals surface area contributed by atoms with Crippen LogP contribution in [0.2, 0.25) is 5.02 Å². The summed E-state index contributed by atoms with van der Waals surface area (Å²) >= 11 is 14.6. The van der Waals surface area contributed by atoms with Crippen LogP contribution >= 0.6 is 39.7 Å². The molecule has 1 heterocycles. The summed E-state index contributed by atoms with van der Waals surface area (Å²) in [4.78, 5) is 4.79. The number of anilines is 2. The molecule has 2 rings (SSSR count). The fraction of sp³-hybridized carbons (Fsp3) is 0.143. The van der Waals surface area contributed by atoms with Gasteiger partial charge in [-0.05, 0) is 59.6 Å². The first kappa shape index (κ1) is 15.2. The van der Waals surface area contributed by atoms with Gasteiger partial charge in [-0.1, -0.05) is 23.8 Å². The summed E-state index contributed by atoms with van der Waals surface area (Å²) in [5, 5.41) is 3.87. The van der Waals surface area contributed by atoms with Gasteiger partial charge in [-0.3, -0.25) is 0 Å². The monoisotopic (exact) mass is 369 g/mol. The van der Waals surface area contributed by atoms with E-state index in [0.717, 1.165) is 27.0 Å². The van der Waals surface area contributed by atoms with E-state index in [1.165, 1.54) is 0 Å². The molecule has 0 aliphatic rings. The van der Waals surface area contributed by atoms with Crippen LogP contribution in [0.5, 0.6) is 0 Å². The number of pyridine rings is 1. The lowest BCUT2D eigenvalue weighted by molar-refractivity contribution is 1.17. The molecule has 2 aromatic rings. The summed E-state index contributed by atoms with van der Waals surface area (Å²) in [5.74, 6) is 0.637.